The Hall–Kier alpha value is -9.04. The van der Waals surface area contributed by atoms with Crippen molar-refractivity contribution in [2.75, 3.05) is 4.90 Å². The van der Waals surface area contributed by atoms with E-state index in [-0.39, 0.29) is 5.41 Å². The fourth-order valence-electron chi connectivity index (χ4n) is 11.6. The molecule has 0 spiro atoms. The Morgan fingerprint density at radius 2 is 0.732 bits per heavy atom. The molecule has 12 aromatic carbocycles. The lowest BCUT2D eigenvalue weighted by atomic mass is 9.74. The number of hydrogen-bond donors (Lipinski definition) is 0. The zero-order chi connectivity index (χ0) is 47.3. The molecular formula is C70H49N. The van der Waals surface area contributed by atoms with E-state index in [0.29, 0.717) is 0 Å². The van der Waals surface area contributed by atoms with Crippen molar-refractivity contribution in [3.05, 3.63) is 296 Å². The van der Waals surface area contributed by atoms with Gasteiger partial charge in [0.25, 0.3) is 0 Å². The highest BCUT2D eigenvalue weighted by atomic mass is 15.1. The van der Waals surface area contributed by atoms with Gasteiger partial charge in [-0.2, -0.15) is 0 Å². The van der Waals surface area contributed by atoms with Crippen LogP contribution in [-0.4, -0.2) is 0 Å². The van der Waals surface area contributed by atoms with Crippen molar-refractivity contribution >= 4 is 38.6 Å². The maximum absolute atomic E-state index is 2.55. The van der Waals surface area contributed by atoms with Crippen LogP contribution in [0.3, 0.4) is 0 Å². The normalized spacial score (nSPS) is 13.8. The second kappa shape index (κ2) is 17.5. The van der Waals surface area contributed by atoms with Crippen LogP contribution in [0.4, 0.5) is 17.1 Å². The molecule has 0 amide bonds. The molecular weight excluding hydrogens is 855 g/mol. The minimum atomic E-state index is -0.374. The Labute approximate surface area is 416 Å². The van der Waals surface area contributed by atoms with Crippen LogP contribution in [0.1, 0.15) is 23.6 Å². The van der Waals surface area contributed by atoms with Gasteiger partial charge in [-0.1, -0.05) is 243 Å². The third kappa shape index (κ3) is 7.08. The van der Waals surface area contributed by atoms with Crippen LogP contribution in [0.2, 0.25) is 0 Å². The summed E-state index contributed by atoms with van der Waals surface area (Å²) in [7, 11) is 0. The number of benzene rings is 12. The summed E-state index contributed by atoms with van der Waals surface area (Å²) in [5, 5.41) is 4.95. The largest absolute Gasteiger partial charge is 0.309 e. The van der Waals surface area contributed by atoms with Crippen LogP contribution in [0.5, 0.6) is 0 Å². The van der Waals surface area contributed by atoms with E-state index in [2.05, 4.69) is 291 Å². The molecule has 0 N–H and O–H groups in total. The predicted octanol–water partition coefficient (Wildman–Crippen LogP) is 19.1. The maximum Gasteiger partial charge on any atom is 0.0543 e. The topological polar surface area (TPSA) is 3.24 Å². The van der Waals surface area contributed by atoms with Gasteiger partial charge < -0.3 is 4.90 Å². The van der Waals surface area contributed by atoms with Crippen molar-refractivity contribution in [1.29, 1.82) is 0 Å². The molecule has 1 heteroatoms. The highest BCUT2D eigenvalue weighted by Crippen LogP contribution is 2.58. The standard InChI is InChI=1S/C70H49N/c1-70(55-32-15-6-16-33-55)63-38-21-19-37-61(63)69-64(70)39-23-41-66(69)71(56-45-53(48-24-7-2-8-25-48)44-54(46-56)49-26-9-3-10-27-49)65-40-22-20-34-57(65)52-42-43-59-58-35-17-18-36-60(58)67(50-28-11-4-12-29-50)68(62(59)47-52)51-30-13-5-14-31-51/h2-47H,1H3. The van der Waals surface area contributed by atoms with Gasteiger partial charge in [0, 0.05) is 22.2 Å². The molecule has 1 aliphatic rings. The first-order valence-electron chi connectivity index (χ1n) is 24.7. The summed E-state index contributed by atoms with van der Waals surface area (Å²) < 4.78 is 0. The predicted molar refractivity (Wildman–Crippen MR) is 301 cm³/mol. The molecule has 71 heavy (non-hydrogen) atoms. The van der Waals surface area contributed by atoms with Gasteiger partial charge in [-0.15, -0.1) is 0 Å². The molecule has 0 radical (unpaired) electrons. The zero-order valence-corrected chi connectivity index (χ0v) is 39.5. The molecule has 1 unspecified atom stereocenters. The summed E-state index contributed by atoms with van der Waals surface area (Å²) in [5.74, 6) is 0. The third-order valence-electron chi connectivity index (χ3n) is 14.9. The van der Waals surface area contributed by atoms with Crippen molar-refractivity contribution in [2.24, 2.45) is 0 Å². The van der Waals surface area contributed by atoms with E-state index in [1.54, 1.807) is 0 Å². The Morgan fingerprint density at radius 1 is 0.268 bits per heavy atom. The number of para-hydroxylation sites is 1. The third-order valence-corrected chi connectivity index (χ3v) is 14.9. The van der Waals surface area contributed by atoms with E-state index in [1.165, 1.54) is 82.7 Å². The lowest BCUT2D eigenvalue weighted by molar-refractivity contribution is 0.714. The summed E-state index contributed by atoms with van der Waals surface area (Å²) in [5.41, 5.74) is 21.2. The van der Waals surface area contributed by atoms with Gasteiger partial charge in [-0.25, -0.2) is 0 Å². The quantitative estimate of drug-likeness (QED) is 0.130. The first-order valence-corrected chi connectivity index (χ1v) is 24.7. The highest BCUT2D eigenvalue weighted by molar-refractivity contribution is 6.22. The molecule has 0 fully saturated rings. The van der Waals surface area contributed by atoms with E-state index in [0.717, 1.165) is 39.3 Å². The zero-order valence-electron chi connectivity index (χ0n) is 39.5. The van der Waals surface area contributed by atoms with Gasteiger partial charge in [-0.3, -0.25) is 0 Å². The molecule has 12 aromatic rings. The van der Waals surface area contributed by atoms with Gasteiger partial charge in [0.1, 0.15) is 0 Å². The molecule has 1 nitrogen and oxygen atoms in total. The van der Waals surface area contributed by atoms with Gasteiger partial charge in [-0.05, 0) is 137 Å². The van der Waals surface area contributed by atoms with E-state index in [1.807, 2.05) is 0 Å². The number of nitrogens with zero attached hydrogens (tertiary/aromatic N) is 1. The van der Waals surface area contributed by atoms with E-state index in [4.69, 9.17) is 0 Å². The smallest absolute Gasteiger partial charge is 0.0543 e. The fraction of sp³-hybridized carbons (Fsp3) is 0.0286. The fourth-order valence-corrected chi connectivity index (χ4v) is 11.6. The average molecular weight is 904 g/mol. The molecule has 0 bridgehead atoms. The number of fused-ring (bicyclic) bond motifs is 6. The summed E-state index contributed by atoms with van der Waals surface area (Å²) >= 11 is 0. The van der Waals surface area contributed by atoms with Crippen LogP contribution in [-0.2, 0) is 5.41 Å². The van der Waals surface area contributed by atoms with E-state index in [9.17, 15) is 0 Å². The maximum atomic E-state index is 2.55. The molecule has 0 aliphatic heterocycles. The van der Waals surface area contributed by atoms with E-state index < -0.39 is 0 Å². The van der Waals surface area contributed by atoms with Gasteiger partial charge in [0.2, 0.25) is 0 Å². The summed E-state index contributed by atoms with van der Waals surface area (Å²) in [6.45, 7) is 2.41. The number of rotatable bonds is 9. The van der Waals surface area contributed by atoms with Crippen LogP contribution in [0.25, 0.3) is 88.3 Å². The van der Waals surface area contributed by atoms with Crippen molar-refractivity contribution < 1.29 is 0 Å². The van der Waals surface area contributed by atoms with Crippen molar-refractivity contribution in [3.63, 3.8) is 0 Å². The SMILES string of the molecule is CC1(c2ccccc2)c2ccccc2-c2c(N(c3cc(-c4ccccc4)cc(-c4ccccc4)c3)c3ccccc3-c3ccc4c(c3)c(-c3ccccc3)c(-c3ccccc3)c3ccccc34)cccc21. The lowest BCUT2D eigenvalue weighted by Gasteiger charge is -2.32. The minimum absolute atomic E-state index is 0.374. The van der Waals surface area contributed by atoms with E-state index >= 15 is 0 Å². The molecule has 0 heterocycles. The highest BCUT2D eigenvalue weighted by Gasteiger charge is 2.42. The number of hydrogen-bond acceptors (Lipinski definition) is 1. The first-order chi connectivity index (χ1) is 35.1. The van der Waals surface area contributed by atoms with Crippen LogP contribution in [0.15, 0.2) is 279 Å². The molecule has 0 aromatic heterocycles. The van der Waals surface area contributed by atoms with Crippen molar-refractivity contribution in [2.45, 2.75) is 12.3 Å². The van der Waals surface area contributed by atoms with Crippen LogP contribution >= 0.6 is 0 Å². The Bertz CT molecular complexity index is 3860. The van der Waals surface area contributed by atoms with Crippen LogP contribution in [0, 0.1) is 0 Å². The first kappa shape index (κ1) is 42.1. The Kier molecular flexibility index (Phi) is 10.4. The molecule has 13 rings (SSSR count). The molecule has 1 atom stereocenters. The molecule has 0 saturated carbocycles. The summed E-state index contributed by atoms with van der Waals surface area (Å²) in [4.78, 5) is 2.55. The van der Waals surface area contributed by atoms with Gasteiger partial charge in [0.05, 0.1) is 11.4 Å². The lowest BCUT2D eigenvalue weighted by Crippen LogP contribution is -2.22. The monoisotopic (exact) mass is 903 g/mol. The Morgan fingerprint density at radius 3 is 1.37 bits per heavy atom. The Balaban J connectivity index is 1.12. The molecule has 0 saturated heterocycles. The second-order valence-electron chi connectivity index (χ2n) is 18.9. The van der Waals surface area contributed by atoms with Gasteiger partial charge in [0.15, 0.2) is 0 Å². The number of anilines is 3. The van der Waals surface area contributed by atoms with Crippen LogP contribution < -0.4 is 4.90 Å². The van der Waals surface area contributed by atoms with Gasteiger partial charge >= 0.3 is 0 Å². The minimum Gasteiger partial charge on any atom is -0.309 e. The molecule has 334 valence electrons. The summed E-state index contributed by atoms with van der Waals surface area (Å²) in [6.07, 6.45) is 0. The average Bonchev–Trinajstić information content (AvgIpc) is 3.72. The van der Waals surface area contributed by atoms with Crippen molar-refractivity contribution in [3.8, 4) is 66.8 Å². The second-order valence-corrected chi connectivity index (χ2v) is 18.9. The van der Waals surface area contributed by atoms with Crippen molar-refractivity contribution in [1.82, 2.24) is 0 Å². The molecule has 1 aliphatic carbocycles. The summed E-state index contributed by atoms with van der Waals surface area (Å²) in [6, 6.07) is 103.